The number of aryl methyl sites for hydroxylation is 1. The van der Waals surface area contributed by atoms with Gasteiger partial charge >= 0.3 is 0 Å². The molecule has 0 spiro atoms. The number of hydrogen-bond acceptors (Lipinski definition) is 3. The van der Waals surface area contributed by atoms with Gasteiger partial charge in [0.1, 0.15) is 11.5 Å². The summed E-state index contributed by atoms with van der Waals surface area (Å²) in [6, 6.07) is 5.43. The predicted molar refractivity (Wildman–Crippen MR) is 62.0 cm³/mol. The number of benzene rings is 1. The number of carbonyl (C=O) groups excluding carboxylic acids is 1. The molecule has 0 fully saturated rings. The van der Waals surface area contributed by atoms with Gasteiger partial charge in [-0.1, -0.05) is 0 Å². The molecule has 0 aliphatic heterocycles. The normalized spacial score (nSPS) is 10.2. The lowest BCUT2D eigenvalue weighted by Gasteiger charge is -2.06. The summed E-state index contributed by atoms with van der Waals surface area (Å²) in [7, 11) is 1.65. The van der Waals surface area contributed by atoms with E-state index in [1.807, 2.05) is 0 Å². The van der Waals surface area contributed by atoms with Crippen LogP contribution in [0, 0.1) is 5.82 Å². The number of halogens is 1. The fourth-order valence-corrected chi connectivity index (χ4v) is 1.48. The highest BCUT2D eigenvalue weighted by atomic mass is 19.1. The second kappa shape index (κ2) is 4.25. The Hall–Kier alpha value is -2.37. The molecule has 0 unspecified atom stereocenters. The zero-order valence-electron chi connectivity index (χ0n) is 9.14. The van der Waals surface area contributed by atoms with E-state index >= 15 is 0 Å². The third-order valence-electron chi connectivity index (χ3n) is 2.23. The topological polar surface area (TPSA) is 72.9 Å². The van der Waals surface area contributed by atoms with E-state index < -0.39 is 5.82 Å². The average Bonchev–Trinajstić information content (AvgIpc) is 2.62. The molecule has 0 radical (unpaired) electrons. The number of aromatic nitrogens is 2. The maximum atomic E-state index is 13.1. The molecule has 0 aliphatic carbocycles. The molecule has 0 aliphatic rings. The van der Waals surface area contributed by atoms with Gasteiger partial charge in [0, 0.05) is 24.6 Å². The van der Waals surface area contributed by atoms with Gasteiger partial charge < -0.3 is 11.1 Å². The van der Waals surface area contributed by atoms with Gasteiger partial charge in [0.2, 0.25) is 0 Å². The minimum Gasteiger partial charge on any atom is -0.399 e. The van der Waals surface area contributed by atoms with Crippen LogP contribution in [-0.2, 0) is 7.05 Å². The molecule has 1 aromatic heterocycles. The van der Waals surface area contributed by atoms with Crippen LogP contribution in [0.4, 0.5) is 15.8 Å². The Morgan fingerprint density at radius 2 is 2.24 bits per heavy atom. The standard InChI is InChI=1S/C11H11FN4O/c1-16-10(2-3-14-16)11(17)15-9-5-7(12)4-8(13)6-9/h2-6H,13H2,1H3,(H,15,17). The van der Waals surface area contributed by atoms with Crippen molar-refractivity contribution in [3.8, 4) is 0 Å². The first-order valence-electron chi connectivity index (χ1n) is 4.91. The van der Waals surface area contributed by atoms with E-state index in [-0.39, 0.29) is 11.6 Å². The lowest BCUT2D eigenvalue weighted by Crippen LogP contribution is -2.16. The van der Waals surface area contributed by atoms with Crippen molar-refractivity contribution >= 4 is 17.3 Å². The molecule has 6 heteroatoms. The van der Waals surface area contributed by atoms with E-state index in [9.17, 15) is 9.18 Å². The Labute approximate surface area is 97.0 Å². The molecule has 1 heterocycles. The summed E-state index contributed by atoms with van der Waals surface area (Å²) in [5, 5.41) is 6.42. The number of carbonyl (C=O) groups is 1. The fraction of sp³-hybridized carbons (Fsp3) is 0.0909. The quantitative estimate of drug-likeness (QED) is 0.771. The van der Waals surface area contributed by atoms with E-state index in [1.165, 1.54) is 29.1 Å². The molecule has 88 valence electrons. The highest BCUT2D eigenvalue weighted by molar-refractivity contribution is 6.03. The highest BCUT2D eigenvalue weighted by Crippen LogP contribution is 2.16. The summed E-state index contributed by atoms with van der Waals surface area (Å²) >= 11 is 0. The van der Waals surface area contributed by atoms with Crippen molar-refractivity contribution in [2.75, 3.05) is 11.1 Å². The molecule has 1 aromatic carbocycles. The minimum atomic E-state index is -0.495. The maximum absolute atomic E-state index is 13.1. The summed E-state index contributed by atoms with van der Waals surface area (Å²) in [6.45, 7) is 0. The zero-order chi connectivity index (χ0) is 12.4. The van der Waals surface area contributed by atoms with E-state index in [0.29, 0.717) is 11.4 Å². The summed E-state index contributed by atoms with van der Waals surface area (Å²) < 4.78 is 14.5. The van der Waals surface area contributed by atoms with Crippen LogP contribution in [0.25, 0.3) is 0 Å². The zero-order valence-corrected chi connectivity index (χ0v) is 9.14. The van der Waals surface area contributed by atoms with Crippen molar-refractivity contribution in [3.63, 3.8) is 0 Å². The van der Waals surface area contributed by atoms with Crippen LogP contribution in [0.15, 0.2) is 30.5 Å². The molecule has 2 rings (SSSR count). The summed E-state index contributed by atoms with van der Waals surface area (Å²) in [5.74, 6) is -0.861. The third kappa shape index (κ3) is 2.41. The average molecular weight is 234 g/mol. The highest BCUT2D eigenvalue weighted by Gasteiger charge is 2.10. The number of nitrogens with zero attached hydrogens (tertiary/aromatic N) is 2. The molecule has 0 atom stereocenters. The van der Waals surface area contributed by atoms with Crippen LogP contribution in [0.1, 0.15) is 10.5 Å². The first-order chi connectivity index (χ1) is 8.06. The minimum absolute atomic E-state index is 0.255. The van der Waals surface area contributed by atoms with E-state index in [1.54, 1.807) is 13.1 Å². The van der Waals surface area contributed by atoms with Gasteiger partial charge in [0.05, 0.1) is 0 Å². The monoisotopic (exact) mass is 234 g/mol. The van der Waals surface area contributed by atoms with Gasteiger partial charge in [-0.15, -0.1) is 0 Å². The van der Waals surface area contributed by atoms with Gasteiger partial charge in [-0.3, -0.25) is 9.48 Å². The van der Waals surface area contributed by atoms with Crippen LogP contribution < -0.4 is 11.1 Å². The van der Waals surface area contributed by atoms with Crippen molar-refractivity contribution < 1.29 is 9.18 Å². The number of anilines is 2. The largest absolute Gasteiger partial charge is 0.399 e. The van der Waals surface area contributed by atoms with Crippen LogP contribution in [0.2, 0.25) is 0 Å². The van der Waals surface area contributed by atoms with Gasteiger partial charge in [-0.2, -0.15) is 5.10 Å². The SMILES string of the molecule is Cn1nccc1C(=O)Nc1cc(N)cc(F)c1. The Morgan fingerprint density at radius 1 is 1.47 bits per heavy atom. The van der Waals surface area contributed by atoms with E-state index in [0.717, 1.165) is 0 Å². The van der Waals surface area contributed by atoms with Crippen molar-refractivity contribution in [1.29, 1.82) is 0 Å². The predicted octanol–water partition coefficient (Wildman–Crippen LogP) is 1.39. The molecular formula is C11H11FN4O. The van der Waals surface area contributed by atoms with Gasteiger partial charge in [-0.25, -0.2) is 4.39 Å². The van der Waals surface area contributed by atoms with E-state index in [4.69, 9.17) is 5.73 Å². The molecule has 2 aromatic rings. The molecule has 5 nitrogen and oxygen atoms in total. The smallest absolute Gasteiger partial charge is 0.273 e. The molecule has 0 saturated carbocycles. The van der Waals surface area contributed by atoms with Crippen LogP contribution >= 0.6 is 0 Å². The number of hydrogen-bond donors (Lipinski definition) is 2. The molecule has 17 heavy (non-hydrogen) atoms. The number of nitrogens with two attached hydrogens (primary N) is 1. The van der Waals surface area contributed by atoms with Crippen molar-refractivity contribution in [2.24, 2.45) is 7.05 Å². The molecule has 0 saturated heterocycles. The number of amides is 1. The van der Waals surface area contributed by atoms with Crippen LogP contribution in [0.3, 0.4) is 0 Å². The van der Waals surface area contributed by atoms with Crippen LogP contribution in [-0.4, -0.2) is 15.7 Å². The third-order valence-corrected chi connectivity index (χ3v) is 2.23. The summed E-state index contributed by atoms with van der Waals surface area (Å²) in [5.41, 5.74) is 6.43. The molecule has 3 N–H and O–H groups in total. The number of nitrogen functional groups attached to an aromatic ring is 1. The van der Waals surface area contributed by atoms with E-state index in [2.05, 4.69) is 10.4 Å². The Bertz CT molecular complexity index is 544. The van der Waals surface area contributed by atoms with Crippen molar-refractivity contribution in [2.45, 2.75) is 0 Å². The number of rotatable bonds is 2. The maximum Gasteiger partial charge on any atom is 0.273 e. The second-order valence-electron chi connectivity index (χ2n) is 3.57. The van der Waals surface area contributed by atoms with Gasteiger partial charge in [0.15, 0.2) is 0 Å². The van der Waals surface area contributed by atoms with Crippen molar-refractivity contribution in [1.82, 2.24) is 9.78 Å². The summed E-state index contributed by atoms with van der Waals surface area (Å²) in [6.07, 6.45) is 1.51. The Morgan fingerprint density at radius 3 is 2.82 bits per heavy atom. The van der Waals surface area contributed by atoms with Crippen molar-refractivity contribution in [3.05, 3.63) is 42.0 Å². The molecular weight excluding hydrogens is 223 g/mol. The van der Waals surface area contributed by atoms with Crippen LogP contribution in [0.5, 0.6) is 0 Å². The lowest BCUT2D eigenvalue weighted by atomic mass is 10.2. The first-order valence-corrected chi connectivity index (χ1v) is 4.91. The summed E-state index contributed by atoms with van der Waals surface area (Å²) in [4.78, 5) is 11.8. The Kier molecular flexibility index (Phi) is 2.78. The van der Waals surface area contributed by atoms with Gasteiger partial charge in [-0.05, 0) is 24.3 Å². The first kappa shape index (κ1) is 11.1. The lowest BCUT2D eigenvalue weighted by molar-refractivity contribution is 0.101. The fourth-order valence-electron chi connectivity index (χ4n) is 1.48. The molecule has 0 bridgehead atoms. The Balaban J connectivity index is 2.21. The van der Waals surface area contributed by atoms with Gasteiger partial charge in [0.25, 0.3) is 5.91 Å². The second-order valence-corrected chi connectivity index (χ2v) is 3.57. The molecule has 1 amide bonds. The number of nitrogens with one attached hydrogen (secondary N) is 1.